The summed E-state index contributed by atoms with van der Waals surface area (Å²) < 4.78 is 14.1. The second kappa shape index (κ2) is 8.21. The molecule has 0 aromatic heterocycles. The number of halogens is 1. The zero-order valence-corrected chi connectivity index (χ0v) is 20.5. The fourth-order valence-electron chi connectivity index (χ4n) is 4.61. The van der Waals surface area contributed by atoms with E-state index in [4.69, 9.17) is 9.16 Å². The molecule has 1 unspecified atom stereocenters. The number of nitrogens with one attached hydrogen (secondary N) is 1. The second-order valence-corrected chi connectivity index (χ2v) is 14.0. The van der Waals surface area contributed by atoms with Crippen LogP contribution in [0.4, 0.5) is 5.69 Å². The van der Waals surface area contributed by atoms with Crippen molar-refractivity contribution in [3.05, 3.63) is 82.8 Å². The molecule has 30 heavy (non-hydrogen) atoms. The Bertz CT molecular complexity index is 1030. The molecule has 3 nitrogen and oxygen atoms in total. The molecular formula is C25H28BrNO2Si. The SMILES string of the molecule is CO[Si](c1ccccc1)(c1ccccc1[C@@H]1CNc2cc(Br)ccc2O1)C(C)(C)C. The number of fused-ring (bicyclic) bond motifs is 1. The van der Waals surface area contributed by atoms with E-state index in [9.17, 15) is 0 Å². The Morgan fingerprint density at radius 3 is 2.40 bits per heavy atom. The molecular weight excluding hydrogens is 454 g/mol. The first-order valence-corrected chi connectivity index (χ1v) is 13.0. The van der Waals surface area contributed by atoms with Crippen molar-refractivity contribution in [3.63, 3.8) is 0 Å². The summed E-state index contributed by atoms with van der Waals surface area (Å²) >= 11 is 3.54. The van der Waals surface area contributed by atoms with Gasteiger partial charge in [-0.3, -0.25) is 0 Å². The van der Waals surface area contributed by atoms with Crippen molar-refractivity contribution in [2.75, 3.05) is 19.0 Å². The van der Waals surface area contributed by atoms with Crippen molar-refractivity contribution in [2.45, 2.75) is 31.9 Å². The van der Waals surface area contributed by atoms with Crippen LogP contribution in [0, 0.1) is 0 Å². The van der Waals surface area contributed by atoms with Crippen LogP contribution in [0.2, 0.25) is 5.04 Å². The summed E-state index contributed by atoms with van der Waals surface area (Å²) in [4.78, 5) is 0. The van der Waals surface area contributed by atoms with Crippen LogP contribution >= 0.6 is 15.9 Å². The topological polar surface area (TPSA) is 30.5 Å². The standard InChI is InChI=1S/C25H28BrNO2Si/c1-25(2,3)30(28-4,19-10-6-5-7-11-19)24-13-9-8-12-20(24)23-17-27-21-16-18(26)14-15-22(21)29-23/h5-16,23,27H,17H2,1-4H3/t23-,30?/m0/s1. The Morgan fingerprint density at radius 2 is 1.70 bits per heavy atom. The summed E-state index contributed by atoms with van der Waals surface area (Å²) in [6.07, 6.45) is -0.0806. The highest BCUT2D eigenvalue weighted by atomic mass is 79.9. The number of ether oxygens (including phenoxy) is 1. The van der Waals surface area contributed by atoms with Crippen molar-refractivity contribution in [2.24, 2.45) is 0 Å². The molecule has 0 saturated heterocycles. The van der Waals surface area contributed by atoms with Gasteiger partial charge < -0.3 is 14.5 Å². The fraction of sp³-hybridized carbons (Fsp3) is 0.280. The maximum absolute atomic E-state index is 6.55. The molecule has 3 aromatic rings. The first-order valence-electron chi connectivity index (χ1n) is 10.3. The number of anilines is 1. The van der Waals surface area contributed by atoms with E-state index in [1.165, 1.54) is 15.9 Å². The first kappa shape index (κ1) is 21.2. The van der Waals surface area contributed by atoms with Gasteiger partial charge in [0.2, 0.25) is 0 Å². The highest BCUT2D eigenvalue weighted by Crippen LogP contribution is 2.40. The first-order chi connectivity index (χ1) is 14.4. The normalized spacial score (nSPS) is 18.0. The lowest BCUT2D eigenvalue weighted by Crippen LogP contribution is -2.67. The lowest BCUT2D eigenvalue weighted by atomic mass is 10.1. The minimum Gasteiger partial charge on any atom is -0.482 e. The number of benzene rings is 3. The lowest BCUT2D eigenvalue weighted by molar-refractivity contribution is 0.211. The average molecular weight is 482 g/mol. The smallest absolute Gasteiger partial charge is 0.261 e. The molecule has 0 bridgehead atoms. The average Bonchev–Trinajstić information content (AvgIpc) is 2.74. The van der Waals surface area contributed by atoms with E-state index in [0.29, 0.717) is 6.54 Å². The summed E-state index contributed by atoms with van der Waals surface area (Å²) in [6, 6.07) is 25.5. The minimum absolute atomic E-state index is 0.0515. The zero-order valence-electron chi connectivity index (χ0n) is 17.9. The molecule has 3 aromatic carbocycles. The molecule has 0 saturated carbocycles. The molecule has 0 spiro atoms. The fourth-order valence-corrected chi connectivity index (χ4v) is 9.67. The molecule has 4 rings (SSSR count). The van der Waals surface area contributed by atoms with Crippen LogP contribution in [-0.4, -0.2) is 22.0 Å². The third-order valence-electron chi connectivity index (χ3n) is 5.92. The molecule has 5 heteroatoms. The maximum atomic E-state index is 6.55. The van der Waals surface area contributed by atoms with Gasteiger partial charge in [0.15, 0.2) is 0 Å². The van der Waals surface area contributed by atoms with Gasteiger partial charge in [-0.15, -0.1) is 0 Å². The molecule has 156 valence electrons. The molecule has 1 aliphatic heterocycles. The Balaban J connectivity index is 1.85. The maximum Gasteiger partial charge on any atom is 0.261 e. The Hall–Kier alpha value is -2.08. The van der Waals surface area contributed by atoms with E-state index in [1.54, 1.807) is 0 Å². The molecule has 0 aliphatic carbocycles. The number of hydrogen-bond acceptors (Lipinski definition) is 3. The predicted octanol–water partition coefficient (Wildman–Crippen LogP) is 5.50. The molecule has 1 aliphatic rings. The molecule has 0 fully saturated rings. The van der Waals surface area contributed by atoms with Gasteiger partial charge in [0, 0.05) is 11.6 Å². The number of rotatable bonds is 4. The number of hydrogen-bond donors (Lipinski definition) is 1. The van der Waals surface area contributed by atoms with E-state index < -0.39 is 8.32 Å². The van der Waals surface area contributed by atoms with Gasteiger partial charge >= 0.3 is 0 Å². The van der Waals surface area contributed by atoms with Gasteiger partial charge in [-0.1, -0.05) is 91.3 Å². The van der Waals surface area contributed by atoms with Crippen LogP contribution in [0.15, 0.2) is 77.3 Å². The second-order valence-electron chi connectivity index (χ2n) is 8.72. The van der Waals surface area contributed by atoms with Gasteiger partial charge in [-0.05, 0) is 39.2 Å². The molecule has 0 radical (unpaired) electrons. The predicted molar refractivity (Wildman–Crippen MR) is 131 cm³/mol. The highest BCUT2D eigenvalue weighted by molar-refractivity contribution is 9.10. The van der Waals surface area contributed by atoms with Crippen molar-refractivity contribution < 1.29 is 9.16 Å². The van der Waals surface area contributed by atoms with E-state index in [-0.39, 0.29) is 11.1 Å². The Labute approximate surface area is 188 Å². The minimum atomic E-state index is -2.57. The van der Waals surface area contributed by atoms with E-state index in [0.717, 1.165) is 15.9 Å². The van der Waals surface area contributed by atoms with E-state index in [2.05, 4.69) is 103 Å². The monoisotopic (exact) mass is 481 g/mol. The van der Waals surface area contributed by atoms with Gasteiger partial charge in [0.05, 0.1) is 12.2 Å². The third kappa shape index (κ3) is 3.59. The lowest BCUT2D eigenvalue weighted by Gasteiger charge is -2.43. The zero-order chi connectivity index (χ0) is 21.4. The molecule has 2 atom stereocenters. The van der Waals surface area contributed by atoms with E-state index >= 15 is 0 Å². The van der Waals surface area contributed by atoms with Crippen LogP contribution < -0.4 is 20.4 Å². The molecule has 0 amide bonds. The quantitative estimate of drug-likeness (QED) is 0.498. The summed E-state index contributed by atoms with van der Waals surface area (Å²) in [5, 5.41) is 6.05. The Kier molecular flexibility index (Phi) is 5.79. The van der Waals surface area contributed by atoms with Gasteiger partial charge in [-0.25, -0.2) is 0 Å². The largest absolute Gasteiger partial charge is 0.482 e. The molecule has 1 N–H and O–H groups in total. The van der Waals surface area contributed by atoms with Gasteiger partial charge in [-0.2, -0.15) is 0 Å². The van der Waals surface area contributed by atoms with Crippen LogP contribution in [0.1, 0.15) is 32.4 Å². The summed E-state index contributed by atoms with van der Waals surface area (Å²) in [6.45, 7) is 7.59. The summed E-state index contributed by atoms with van der Waals surface area (Å²) in [7, 11) is -0.699. The van der Waals surface area contributed by atoms with Crippen LogP contribution in [0.5, 0.6) is 5.75 Å². The third-order valence-corrected chi connectivity index (χ3v) is 11.5. The van der Waals surface area contributed by atoms with Crippen LogP contribution in [0.3, 0.4) is 0 Å². The highest BCUT2D eigenvalue weighted by Gasteiger charge is 2.51. The van der Waals surface area contributed by atoms with Crippen molar-refractivity contribution in [3.8, 4) is 5.75 Å². The Morgan fingerprint density at radius 1 is 1.00 bits per heavy atom. The summed E-state index contributed by atoms with van der Waals surface area (Å²) in [5.74, 6) is 0.879. The van der Waals surface area contributed by atoms with Crippen molar-refractivity contribution in [1.29, 1.82) is 0 Å². The van der Waals surface area contributed by atoms with Crippen molar-refractivity contribution in [1.82, 2.24) is 0 Å². The van der Waals surface area contributed by atoms with Crippen molar-refractivity contribution >= 4 is 40.3 Å². The van der Waals surface area contributed by atoms with Gasteiger partial charge in [0.1, 0.15) is 11.9 Å². The van der Waals surface area contributed by atoms with Crippen LogP contribution in [0.25, 0.3) is 0 Å². The van der Waals surface area contributed by atoms with Gasteiger partial charge in [0.25, 0.3) is 8.32 Å². The van der Waals surface area contributed by atoms with E-state index in [1.807, 2.05) is 19.2 Å². The van der Waals surface area contributed by atoms with Crippen LogP contribution in [-0.2, 0) is 4.43 Å². The summed E-state index contributed by atoms with van der Waals surface area (Å²) in [5.41, 5.74) is 2.22. The molecule has 1 heterocycles.